The van der Waals surface area contributed by atoms with E-state index in [2.05, 4.69) is 15.3 Å². The average Bonchev–Trinajstić information content (AvgIpc) is 2.61. The van der Waals surface area contributed by atoms with Gasteiger partial charge in [-0.25, -0.2) is 23.1 Å². The van der Waals surface area contributed by atoms with Crippen LogP contribution >= 0.6 is 0 Å². The summed E-state index contributed by atoms with van der Waals surface area (Å²) in [6, 6.07) is 3.82. The molecule has 0 bridgehead atoms. The molecule has 2 aliphatic rings. The topological polar surface area (TPSA) is 79.8 Å². The summed E-state index contributed by atoms with van der Waals surface area (Å²) in [4.78, 5) is 31.4. The lowest BCUT2D eigenvalue weighted by atomic mass is 9.79. The molecule has 0 saturated heterocycles. The Hall–Kier alpha value is -2.58. The molecule has 3 heterocycles. The van der Waals surface area contributed by atoms with Crippen LogP contribution in [0.4, 0.5) is 19.0 Å². The van der Waals surface area contributed by atoms with Crippen molar-refractivity contribution in [3.63, 3.8) is 0 Å². The number of nitrogens with one attached hydrogen (secondary N) is 2. The Morgan fingerprint density at radius 2 is 1.89 bits per heavy atom. The maximum Gasteiger partial charge on any atom is 0.335 e. The zero-order chi connectivity index (χ0) is 19.2. The number of pyridine rings is 1. The summed E-state index contributed by atoms with van der Waals surface area (Å²) < 4.78 is 40.9. The van der Waals surface area contributed by atoms with E-state index in [1.165, 1.54) is 12.1 Å². The van der Waals surface area contributed by atoms with E-state index in [1.807, 2.05) is 0 Å². The van der Waals surface area contributed by atoms with Gasteiger partial charge in [0.2, 0.25) is 11.9 Å². The first-order valence-corrected chi connectivity index (χ1v) is 8.99. The van der Waals surface area contributed by atoms with Crippen molar-refractivity contribution in [1.29, 1.82) is 0 Å². The van der Waals surface area contributed by atoms with Gasteiger partial charge in [-0.15, -0.1) is 0 Å². The van der Waals surface area contributed by atoms with Gasteiger partial charge < -0.3 is 5.32 Å². The summed E-state index contributed by atoms with van der Waals surface area (Å²) in [5.74, 6) is -3.06. The third kappa shape index (κ3) is 3.38. The molecule has 1 saturated carbocycles. The fraction of sp³-hybridized carbons (Fsp3) is 0.500. The molecule has 0 unspecified atom stereocenters. The number of hydrogen-bond donors (Lipinski definition) is 2. The Kier molecular flexibility index (Phi) is 4.32. The number of hydrogen-bond acceptors (Lipinski definition) is 4. The van der Waals surface area contributed by atoms with E-state index in [0.29, 0.717) is 37.1 Å². The minimum Gasteiger partial charge on any atom is -0.368 e. The summed E-state index contributed by atoms with van der Waals surface area (Å²) in [6.45, 7) is 0. The zero-order valence-electron chi connectivity index (χ0n) is 14.5. The van der Waals surface area contributed by atoms with Crippen LogP contribution in [0.25, 0.3) is 5.82 Å². The fourth-order valence-corrected chi connectivity index (χ4v) is 4.03. The molecule has 0 amide bonds. The Labute approximate surface area is 152 Å². The molecule has 0 radical (unpaired) electrons. The summed E-state index contributed by atoms with van der Waals surface area (Å²) in [7, 11) is 0. The Balaban J connectivity index is 1.63. The minimum absolute atomic E-state index is 0.0632. The van der Waals surface area contributed by atoms with Gasteiger partial charge in [-0.3, -0.25) is 9.78 Å². The Morgan fingerprint density at radius 3 is 2.59 bits per heavy atom. The highest BCUT2D eigenvalue weighted by molar-refractivity contribution is 5.47. The van der Waals surface area contributed by atoms with Gasteiger partial charge in [0, 0.05) is 18.9 Å². The summed E-state index contributed by atoms with van der Waals surface area (Å²) in [5, 5.41) is 3.16. The second-order valence-corrected chi connectivity index (χ2v) is 7.23. The van der Waals surface area contributed by atoms with Crippen LogP contribution in [0.2, 0.25) is 0 Å². The molecule has 144 valence electrons. The molecule has 0 spiro atoms. The standard InChI is InChI=1S/C18H19F3N4O2/c19-13-2-1-3-14(23-13)25-16(26)11-4-5-12(22-15(11)24-17(25)27)10-6-8-18(20,21)9-7-10/h1-3,10,12,22H,4-9H2,(H,24,27)/t12-/m1/s1. The van der Waals surface area contributed by atoms with E-state index in [1.54, 1.807) is 0 Å². The van der Waals surface area contributed by atoms with E-state index in [-0.39, 0.29) is 30.6 Å². The van der Waals surface area contributed by atoms with Gasteiger partial charge in [0.25, 0.3) is 5.56 Å². The van der Waals surface area contributed by atoms with Crippen LogP contribution in [-0.2, 0) is 6.42 Å². The molecule has 1 atom stereocenters. The number of anilines is 1. The van der Waals surface area contributed by atoms with E-state index in [4.69, 9.17) is 0 Å². The van der Waals surface area contributed by atoms with Crippen molar-refractivity contribution in [2.45, 2.75) is 50.5 Å². The normalized spacial score (nSPS) is 22.1. The molecule has 1 fully saturated rings. The number of nitrogens with zero attached hydrogens (tertiary/aromatic N) is 2. The predicted octanol–water partition coefficient (Wildman–Crippen LogP) is 2.61. The monoisotopic (exact) mass is 380 g/mol. The molecule has 9 heteroatoms. The lowest BCUT2D eigenvalue weighted by Crippen LogP contribution is -2.43. The number of fused-ring (bicyclic) bond motifs is 1. The van der Waals surface area contributed by atoms with Crippen molar-refractivity contribution >= 4 is 5.82 Å². The fourth-order valence-electron chi connectivity index (χ4n) is 4.03. The Bertz CT molecular complexity index is 975. The maximum absolute atomic E-state index is 13.4. The van der Waals surface area contributed by atoms with E-state index in [0.717, 1.165) is 10.6 Å². The van der Waals surface area contributed by atoms with Crippen LogP contribution in [-0.4, -0.2) is 26.5 Å². The number of aromatic amines is 1. The van der Waals surface area contributed by atoms with Crippen LogP contribution in [0, 0.1) is 11.9 Å². The van der Waals surface area contributed by atoms with Crippen molar-refractivity contribution in [3.05, 3.63) is 50.5 Å². The van der Waals surface area contributed by atoms with Crippen LogP contribution < -0.4 is 16.6 Å². The first-order valence-electron chi connectivity index (χ1n) is 8.99. The number of halogens is 3. The molecule has 0 aromatic carbocycles. The third-order valence-electron chi connectivity index (χ3n) is 5.49. The molecule has 1 aliphatic carbocycles. The van der Waals surface area contributed by atoms with Gasteiger partial charge >= 0.3 is 5.69 Å². The molecule has 6 nitrogen and oxygen atoms in total. The van der Waals surface area contributed by atoms with Gasteiger partial charge in [0.1, 0.15) is 11.6 Å². The Morgan fingerprint density at radius 1 is 1.15 bits per heavy atom. The highest BCUT2D eigenvalue weighted by Gasteiger charge is 2.38. The van der Waals surface area contributed by atoms with Crippen molar-refractivity contribution < 1.29 is 13.2 Å². The van der Waals surface area contributed by atoms with Gasteiger partial charge in [-0.1, -0.05) is 6.07 Å². The summed E-state index contributed by atoms with van der Waals surface area (Å²) in [5.41, 5.74) is -0.883. The molecule has 2 aromatic heterocycles. The second-order valence-electron chi connectivity index (χ2n) is 7.23. The van der Waals surface area contributed by atoms with Crippen LogP contribution in [0.5, 0.6) is 0 Å². The number of alkyl halides is 2. The molecule has 2 N–H and O–H groups in total. The van der Waals surface area contributed by atoms with Crippen molar-refractivity contribution in [2.75, 3.05) is 5.32 Å². The van der Waals surface area contributed by atoms with Crippen LogP contribution in [0.3, 0.4) is 0 Å². The molecular weight excluding hydrogens is 361 g/mol. The first-order chi connectivity index (χ1) is 12.8. The second kappa shape index (κ2) is 6.54. The summed E-state index contributed by atoms with van der Waals surface area (Å²) >= 11 is 0. The molecule has 1 aliphatic heterocycles. The largest absolute Gasteiger partial charge is 0.368 e. The molecule has 4 rings (SSSR count). The molecule has 27 heavy (non-hydrogen) atoms. The highest BCUT2D eigenvalue weighted by Crippen LogP contribution is 2.39. The quantitative estimate of drug-likeness (QED) is 0.785. The van der Waals surface area contributed by atoms with Gasteiger partial charge in [-0.05, 0) is 43.7 Å². The van der Waals surface area contributed by atoms with E-state index >= 15 is 0 Å². The van der Waals surface area contributed by atoms with Crippen LogP contribution in [0.15, 0.2) is 27.8 Å². The number of H-pyrrole nitrogens is 1. The van der Waals surface area contributed by atoms with Crippen molar-refractivity contribution in [1.82, 2.24) is 14.5 Å². The minimum atomic E-state index is -2.59. The highest BCUT2D eigenvalue weighted by atomic mass is 19.3. The number of rotatable bonds is 2. The average molecular weight is 380 g/mol. The lowest BCUT2D eigenvalue weighted by Gasteiger charge is -2.37. The lowest BCUT2D eigenvalue weighted by molar-refractivity contribution is -0.0478. The third-order valence-corrected chi connectivity index (χ3v) is 5.49. The van der Waals surface area contributed by atoms with Crippen molar-refractivity contribution in [3.8, 4) is 5.82 Å². The molecule has 2 aromatic rings. The number of aromatic nitrogens is 3. The van der Waals surface area contributed by atoms with Gasteiger partial charge in [0.05, 0.1) is 5.56 Å². The molecular formula is C18H19F3N4O2. The van der Waals surface area contributed by atoms with Gasteiger partial charge in [0.15, 0.2) is 0 Å². The summed E-state index contributed by atoms with van der Waals surface area (Å²) in [6.07, 6.45) is 1.58. The predicted molar refractivity (Wildman–Crippen MR) is 93.0 cm³/mol. The first kappa shape index (κ1) is 17.8. The van der Waals surface area contributed by atoms with Crippen molar-refractivity contribution in [2.24, 2.45) is 5.92 Å². The van der Waals surface area contributed by atoms with Gasteiger partial charge in [-0.2, -0.15) is 4.39 Å². The zero-order valence-corrected chi connectivity index (χ0v) is 14.5. The SMILES string of the molecule is O=c1[nH]c2c(c(=O)n1-c1cccc(F)n1)CC[C@H](C1CCC(F)(F)CC1)N2. The van der Waals surface area contributed by atoms with Crippen LogP contribution in [0.1, 0.15) is 37.7 Å². The maximum atomic E-state index is 13.4. The smallest absolute Gasteiger partial charge is 0.335 e. The van der Waals surface area contributed by atoms with E-state index in [9.17, 15) is 22.8 Å². The van der Waals surface area contributed by atoms with E-state index < -0.39 is 23.1 Å².